The van der Waals surface area contributed by atoms with Gasteiger partial charge in [-0.2, -0.15) is 13.2 Å². The number of piperidine rings is 1. The number of alkyl halides is 3. The molecule has 0 bridgehead atoms. The van der Waals surface area contributed by atoms with E-state index in [1.807, 2.05) is 31.3 Å². The number of halogens is 3. The zero-order valence-corrected chi connectivity index (χ0v) is 26.7. The second-order valence-electron chi connectivity index (χ2n) is 12.6. The summed E-state index contributed by atoms with van der Waals surface area (Å²) in [5.74, 6) is -0.942. The Kier molecular flexibility index (Phi) is 9.01. The predicted molar refractivity (Wildman–Crippen MR) is 173 cm³/mol. The number of methoxy groups -OCH3 is 1. The zero-order valence-electron chi connectivity index (χ0n) is 26.7. The summed E-state index contributed by atoms with van der Waals surface area (Å²) < 4.78 is 52.8. The van der Waals surface area contributed by atoms with Crippen molar-refractivity contribution in [1.82, 2.24) is 19.9 Å². The van der Waals surface area contributed by atoms with Crippen molar-refractivity contribution in [3.63, 3.8) is 0 Å². The highest BCUT2D eigenvalue weighted by Crippen LogP contribution is 2.44. The maximum absolute atomic E-state index is 14.0. The van der Waals surface area contributed by atoms with Gasteiger partial charge in [0.1, 0.15) is 16.9 Å². The third-order valence-electron chi connectivity index (χ3n) is 9.37. The topological polar surface area (TPSA) is 117 Å². The Balaban J connectivity index is 1.37. The molecule has 4 heterocycles. The number of rotatable bonds is 11. The van der Waals surface area contributed by atoms with Crippen LogP contribution >= 0.6 is 0 Å². The van der Waals surface area contributed by atoms with Crippen LogP contribution in [-0.2, 0) is 15.7 Å². The summed E-state index contributed by atoms with van der Waals surface area (Å²) in [6, 6.07) is 10.7. The lowest BCUT2D eigenvalue weighted by molar-refractivity contribution is -0.142. The highest BCUT2D eigenvalue weighted by atomic mass is 19.4. The van der Waals surface area contributed by atoms with Crippen molar-refractivity contribution in [3.8, 4) is 28.5 Å². The van der Waals surface area contributed by atoms with Crippen LogP contribution in [0.25, 0.3) is 33.8 Å². The number of aromatic amines is 1. The highest BCUT2D eigenvalue weighted by Gasteiger charge is 2.39. The third-order valence-corrected chi connectivity index (χ3v) is 9.37. The van der Waals surface area contributed by atoms with Gasteiger partial charge in [-0.05, 0) is 69.0 Å². The van der Waals surface area contributed by atoms with Crippen LogP contribution in [-0.4, -0.2) is 78.0 Å². The SMILES string of the molecule is CCOc1ncc(-c2cc(N(C)CC3(COC)CCC3)c3[nH]c(-c4ccc(N5CCC(C(=O)O)CC5)cc4)nc3n2)cc1C(F)(F)F. The van der Waals surface area contributed by atoms with E-state index in [1.54, 1.807) is 20.1 Å². The molecule has 1 saturated heterocycles. The van der Waals surface area contributed by atoms with Crippen LogP contribution in [0.5, 0.6) is 5.88 Å². The number of anilines is 2. The third kappa shape index (κ3) is 6.71. The predicted octanol–water partition coefficient (Wildman–Crippen LogP) is 6.66. The molecular formula is C34H39F3N6O4. The number of H-pyrrole nitrogens is 1. The van der Waals surface area contributed by atoms with E-state index in [4.69, 9.17) is 19.4 Å². The number of carbonyl (C=O) groups is 1. The number of nitrogens with one attached hydrogen (secondary N) is 1. The molecule has 250 valence electrons. The fourth-order valence-electron chi connectivity index (χ4n) is 6.74. The molecule has 4 aromatic rings. The van der Waals surface area contributed by atoms with Crippen LogP contribution < -0.4 is 14.5 Å². The molecule has 0 spiro atoms. The maximum Gasteiger partial charge on any atom is 0.421 e. The molecule has 0 atom stereocenters. The van der Waals surface area contributed by atoms with E-state index in [0.29, 0.717) is 61.8 Å². The Hall–Kier alpha value is -4.39. The average Bonchev–Trinajstić information content (AvgIpc) is 3.47. The molecule has 47 heavy (non-hydrogen) atoms. The average molecular weight is 653 g/mol. The summed E-state index contributed by atoms with van der Waals surface area (Å²) in [6.07, 6.45) is 1.06. The fourth-order valence-corrected chi connectivity index (χ4v) is 6.74. The minimum atomic E-state index is -4.66. The number of imidazole rings is 1. The molecule has 3 aromatic heterocycles. The van der Waals surface area contributed by atoms with Gasteiger partial charge in [-0.3, -0.25) is 4.79 Å². The molecule has 13 heteroatoms. The summed E-state index contributed by atoms with van der Waals surface area (Å²) in [5, 5.41) is 9.33. The number of fused-ring (bicyclic) bond motifs is 1. The number of nitrogens with zero attached hydrogens (tertiary/aromatic N) is 5. The highest BCUT2D eigenvalue weighted by molar-refractivity contribution is 5.91. The van der Waals surface area contributed by atoms with Crippen LogP contribution in [0.3, 0.4) is 0 Å². The molecule has 6 rings (SSSR count). The van der Waals surface area contributed by atoms with Crippen molar-refractivity contribution < 1.29 is 32.5 Å². The molecule has 0 radical (unpaired) electrons. The van der Waals surface area contributed by atoms with E-state index in [1.165, 1.54) is 6.20 Å². The quantitative estimate of drug-likeness (QED) is 0.184. The lowest BCUT2D eigenvalue weighted by Crippen LogP contribution is -2.44. The van der Waals surface area contributed by atoms with Gasteiger partial charge < -0.3 is 29.4 Å². The Morgan fingerprint density at radius 3 is 2.45 bits per heavy atom. The van der Waals surface area contributed by atoms with Crippen molar-refractivity contribution in [3.05, 3.63) is 48.2 Å². The molecule has 2 fully saturated rings. The molecule has 0 unspecified atom stereocenters. The van der Waals surface area contributed by atoms with Gasteiger partial charge in [-0.25, -0.2) is 15.0 Å². The van der Waals surface area contributed by atoms with Gasteiger partial charge in [0.25, 0.3) is 0 Å². The van der Waals surface area contributed by atoms with E-state index in [0.717, 1.165) is 42.3 Å². The summed E-state index contributed by atoms with van der Waals surface area (Å²) >= 11 is 0. The van der Waals surface area contributed by atoms with Crippen molar-refractivity contribution >= 4 is 28.5 Å². The second kappa shape index (κ2) is 13.0. The van der Waals surface area contributed by atoms with Crippen LogP contribution in [0.4, 0.5) is 24.5 Å². The summed E-state index contributed by atoms with van der Waals surface area (Å²) in [4.78, 5) is 32.6. The molecule has 1 aromatic carbocycles. The Morgan fingerprint density at radius 2 is 1.85 bits per heavy atom. The van der Waals surface area contributed by atoms with Crippen molar-refractivity contribution in [1.29, 1.82) is 0 Å². The van der Waals surface area contributed by atoms with E-state index in [9.17, 15) is 23.1 Å². The fraction of sp³-hybridized carbons (Fsp3) is 0.471. The van der Waals surface area contributed by atoms with Crippen molar-refractivity contribution in [2.24, 2.45) is 11.3 Å². The normalized spacial score (nSPS) is 16.7. The van der Waals surface area contributed by atoms with Gasteiger partial charge in [0.2, 0.25) is 5.88 Å². The monoisotopic (exact) mass is 652 g/mol. The number of aliphatic carboxylic acids is 1. The van der Waals surface area contributed by atoms with Crippen molar-refractivity contribution in [2.75, 3.05) is 56.8 Å². The molecule has 2 N–H and O–H groups in total. The molecule has 0 amide bonds. The van der Waals surface area contributed by atoms with Crippen LogP contribution in [0.15, 0.2) is 42.6 Å². The molecule has 10 nitrogen and oxygen atoms in total. The summed E-state index contributed by atoms with van der Waals surface area (Å²) in [5.41, 5.74) is 3.16. The number of ether oxygens (including phenoxy) is 2. The zero-order chi connectivity index (χ0) is 33.3. The first-order valence-electron chi connectivity index (χ1n) is 15.9. The van der Waals surface area contributed by atoms with Gasteiger partial charge in [0, 0.05) is 62.2 Å². The van der Waals surface area contributed by atoms with Gasteiger partial charge in [-0.1, -0.05) is 6.42 Å². The molecule has 1 saturated carbocycles. The number of carboxylic acids is 1. The molecular weight excluding hydrogens is 613 g/mol. The van der Waals surface area contributed by atoms with Gasteiger partial charge >= 0.3 is 12.1 Å². The van der Waals surface area contributed by atoms with Gasteiger partial charge in [0.15, 0.2) is 5.65 Å². The van der Waals surface area contributed by atoms with E-state index >= 15 is 0 Å². The van der Waals surface area contributed by atoms with E-state index in [2.05, 4.69) is 19.8 Å². The lowest BCUT2D eigenvalue weighted by atomic mass is 9.69. The Labute approximate surface area is 270 Å². The first-order chi connectivity index (χ1) is 22.5. The largest absolute Gasteiger partial charge is 0.481 e. The smallest absolute Gasteiger partial charge is 0.421 e. The Bertz CT molecular complexity index is 1730. The minimum absolute atomic E-state index is 0.0129. The first-order valence-corrected chi connectivity index (χ1v) is 15.9. The number of hydrogen-bond donors (Lipinski definition) is 2. The summed E-state index contributed by atoms with van der Waals surface area (Å²) in [7, 11) is 3.67. The number of hydrogen-bond acceptors (Lipinski definition) is 8. The maximum atomic E-state index is 14.0. The van der Waals surface area contributed by atoms with Crippen LogP contribution in [0.2, 0.25) is 0 Å². The number of carboxylic acid groups (broad SMARTS) is 1. The number of aromatic nitrogens is 4. The van der Waals surface area contributed by atoms with Crippen LogP contribution in [0.1, 0.15) is 44.6 Å². The van der Waals surface area contributed by atoms with E-state index in [-0.39, 0.29) is 23.5 Å². The van der Waals surface area contributed by atoms with E-state index < -0.39 is 23.6 Å². The Morgan fingerprint density at radius 1 is 1.13 bits per heavy atom. The lowest BCUT2D eigenvalue weighted by Gasteiger charge is -2.44. The van der Waals surface area contributed by atoms with Crippen LogP contribution in [0, 0.1) is 11.3 Å². The first kappa shape index (κ1) is 32.5. The minimum Gasteiger partial charge on any atom is -0.481 e. The van der Waals surface area contributed by atoms with Gasteiger partial charge in [0.05, 0.1) is 30.5 Å². The molecule has 1 aliphatic heterocycles. The van der Waals surface area contributed by atoms with Gasteiger partial charge in [-0.15, -0.1) is 0 Å². The molecule has 2 aliphatic rings. The second-order valence-corrected chi connectivity index (χ2v) is 12.6. The number of pyridine rings is 2. The number of benzene rings is 1. The standard InChI is InChI=1S/C34H39F3N6O4/c1-4-47-31-25(34(35,36)37)16-23(18-38-31)26-17-27(42(2)19-33(20-46-3)12-5-13-33)28-30(39-26)41-29(40-28)21-6-8-24(9-7-21)43-14-10-22(11-15-43)32(44)45/h6-9,16-18,22H,4-5,10-15,19-20H2,1-3H3,(H,44,45)(H,39,40,41). The van der Waals surface area contributed by atoms with Crippen molar-refractivity contribution in [2.45, 2.75) is 45.2 Å². The summed E-state index contributed by atoms with van der Waals surface area (Å²) in [6.45, 7) is 4.31. The molecule has 1 aliphatic carbocycles.